The zero-order valence-corrected chi connectivity index (χ0v) is 10.1. The van der Waals surface area contributed by atoms with Crippen molar-refractivity contribution in [3.8, 4) is 0 Å². The van der Waals surface area contributed by atoms with Crippen LogP contribution in [0.4, 0.5) is 13.2 Å². The second-order valence-electron chi connectivity index (χ2n) is 3.66. The predicted octanol–water partition coefficient (Wildman–Crippen LogP) is 3.04. The van der Waals surface area contributed by atoms with Crippen molar-refractivity contribution in [3.05, 3.63) is 41.5 Å². The predicted molar refractivity (Wildman–Crippen MR) is 61.4 cm³/mol. The van der Waals surface area contributed by atoms with Crippen molar-refractivity contribution in [2.75, 3.05) is 5.75 Å². The lowest BCUT2D eigenvalue weighted by Crippen LogP contribution is -2.04. The Morgan fingerprint density at radius 1 is 1.11 bits per heavy atom. The highest BCUT2D eigenvalue weighted by Gasteiger charge is 2.08. The van der Waals surface area contributed by atoms with E-state index >= 15 is 0 Å². The molecule has 0 saturated carbocycles. The van der Waals surface area contributed by atoms with Gasteiger partial charge in [0.25, 0.3) is 10.1 Å². The highest BCUT2D eigenvalue weighted by Crippen LogP contribution is 2.22. The van der Waals surface area contributed by atoms with E-state index in [1.807, 2.05) is 0 Å². The van der Waals surface area contributed by atoms with Gasteiger partial charge in [0, 0.05) is 5.56 Å². The Bertz CT molecular complexity index is 531. The van der Waals surface area contributed by atoms with E-state index in [4.69, 9.17) is 4.55 Å². The van der Waals surface area contributed by atoms with Gasteiger partial charge in [-0.05, 0) is 18.4 Å². The van der Waals surface area contributed by atoms with E-state index in [1.54, 1.807) is 0 Å². The number of aryl methyl sites for hydroxylation is 1. The number of halogens is 3. The summed E-state index contributed by atoms with van der Waals surface area (Å²) in [6.07, 6.45) is -1.83. The Morgan fingerprint density at radius 3 is 2.11 bits per heavy atom. The largest absolute Gasteiger partial charge is 0.306 e. The second-order valence-corrected chi connectivity index (χ2v) is 5.23. The third kappa shape index (κ3) is 4.89. The molecule has 0 unspecified atom stereocenters. The van der Waals surface area contributed by atoms with Crippen LogP contribution in [-0.2, 0) is 16.5 Å². The quantitative estimate of drug-likeness (QED) is 0.843. The van der Waals surface area contributed by atoms with Crippen molar-refractivity contribution in [3.63, 3.8) is 0 Å². The van der Waals surface area contributed by atoms with E-state index in [-0.39, 0.29) is 17.7 Å². The molecule has 1 rings (SSSR count). The minimum Gasteiger partial charge on any atom is -0.286 e. The van der Waals surface area contributed by atoms with Crippen LogP contribution in [0.2, 0.25) is 0 Å². The normalized spacial score (nSPS) is 11.3. The van der Waals surface area contributed by atoms with Crippen LogP contribution in [0, 0.1) is 0 Å². The van der Waals surface area contributed by atoms with Crippen LogP contribution < -0.4 is 0 Å². The van der Waals surface area contributed by atoms with Gasteiger partial charge < -0.3 is 0 Å². The Labute approximate surface area is 103 Å². The molecule has 1 aromatic rings. The molecule has 18 heavy (non-hydrogen) atoms. The van der Waals surface area contributed by atoms with Gasteiger partial charge in [0.2, 0.25) is 0 Å². The van der Waals surface area contributed by atoms with Gasteiger partial charge in [0.05, 0.1) is 5.75 Å². The van der Waals surface area contributed by atoms with Gasteiger partial charge >= 0.3 is 6.08 Å². The summed E-state index contributed by atoms with van der Waals surface area (Å²) in [5, 5.41) is 0. The van der Waals surface area contributed by atoms with Crippen molar-refractivity contribution in [1.82, 2.24) is 0 Å². The fraction of sp³-hybridized carbons (Fsp3) is 0.273. The molecule has 3 nitrogen and oxygen atoms in total. The van der Waals surface area contributed by atoms with Crippen LogP contribution in [0.25, 0.3) is 5.83 Å². The molecule has 1 aromatic carbocycles. The first-order valence-electron chi connectivity index (χ1n) is 5.05. The summed E-state index contributed by atoms with van der Waals surface area (Å²) >= 11 is 0. The summed E-state index contributed by atoms with van der Waals surface area (Å²) in [7, 11) is -3.99. The lowest BCUT2D eigenvalue weighted by molar-refractivity contribution is 0.410. The molecule has 0 bridgehead atoms. The third-order valence-corrected chi connectivity index (χ3v) is 3.05. The fourth-order valence-corrected chi connectivity index (χ4v) is 1.89. The van der Waals surface area contributed by atoms with Gasteiger partial charge in [-0.3, -0.25) is 4.55 Å². The second kappa shape index (κ2) is 6.01. The van der Waals surface area contributed by atoms with Crippen molar-refractivity contribution in [2.24, 2.45) is 0 Å². The van der Waals surface area contributed by atoms with E-state index in [0.717, 1.165) is 0 Å². The van der Waals surface area contributed by atoms with Gasteiger partial charge in [-0.2, -0.15) is 17.2 Å². The maximum atomic E-state index is 12.8. The molecule has 0 spiro atoms. The first-order valence-corrected chi connectivity index (χ1v) is 6.66. The summed E-state index contributed by atoms with van der Waals surface area (Å²) in [5.41, 5.74) is 0.447. The molecule has 1 N–H and O–H groups in total. The monoisotopic (exact) mass is 280 g/mol. The number of hydrogen-bond donors (Lipinski definition) is 1. The SMILES string of the molecule is O=S(=O)(O)CCCc1ccc(C(F)=C(F)F)cc1. The average molecular weight is 280 g/mol. The van der Waals surface area contributed by atoms with Crippen molar-refractivity contribution < 1.29 is 26.1 Å². The lowest BCUT2D eigenvalue weighted by Gasteiger charge is -2.02. The molecule has 0 fully saturated rings. The maximum absolute atomic E-state index is 12.8. The highest BCUT2D eigenvalue weighted by molar-refractivity contribution is 7.85. The summed E-state index contributed by atoms with van der Waals surface area (Å²) in [5.74, 6) is -1.94. The number of hydrogen-bond acceptors (Lipinski definition) is 2. The van der Waals surface area contributed by atoms with Gasteiger partial charge in [0.1, 0.15) is 0 Å². The third-order valence-electron chi connectivity index (χ3n) is 2.24. The number of rotatable bonds is 5. The zero-order valence-electron chi connectivity index (χ0n) is 9.24. The maximum Gasteiger partial charge on any atom is 0.306 e. The summed E-state index contributed by atoms with van der Waals surface area (Å²) < 4.78 is 66.2. The molecular formula is C11H11F3O3S. The Morgan fingerprint density at radius 2 is 1.67 bits per heavy atom. The van der Waals surface area contributed by atoms with Crippen molar-refractivity contribution >= 4 is 15.9 Å². The Hall–Kier alpha value is -1.34. The molecule has 7 heteroatoms. The Kier molecular flexibility index (Phi) is 4.92. The molecule has 0 heterocycles. The van der Waals surface area contributed by atoms with Gasteiger partial charge in [0.15, 0.2) is 5.83 Å². The molecule has 0 atom stereocenters. The van der Waals surface area contributed by atoms with Gasteiger partial charge in [-0.25, -0.2) is 4.39 Å². The molecule has 0 saturated heterocycles. The first-order chi connectivity index (χ1) is 8.29. The summed E-state index contributed by atoms with van der Waals surface area (Å²) in [6, 6.07) is 5.25. The van der Waals surface area contributed by atoms with Crippen LogP contribution >= 0.6 is 0 Å². The van der Waals surface area contributed by atoms with Crippen molar-refractivity contribution in [1.29, 1.82) is 0 Å². The molecule has 0 radical (unpaired) electrons. The standard InChI is InChI=1S/C11H11F3O3S/c12-10(11(13)14)9-5-3-8(4-6-9)2-1-7-18(15,16)17/h3-6H,1-2,7H2,(H,15,16,17). The zero-order chi connectivity index (χ0) is 13.8. The van der Waals surface area contributed by atoms with E-state index in [2.05, 4.69) is 0 Å². The highest BCUT2D eigenvalue weighted by atomic mass is 32.2. The first kappa shape index (κ1) is 14.7. The van der Waals surface area contributed by atoms with Crippen LogP contribution in [0.3, 0.4) is 0 Å². The fourth-order valence-electron chi connectivity index (χ4n) is 1.39. The average Bonchev–Trinajstić information content (AvgIpc) is 2.27. The van der Waals surface area contributed by atoms with Crippen LogP contribution in [0.15, 0.2) is 30.3 Å². The summed E-state index contributed by atoms with van der Waals surface area (Å²) in [4.78, 5) is 0. The minimum absolute atomic E-state index is 0.202. The molecule has 100 valence electrons. The molecule has 0 amide bonds. The van der Waals surface area contributed by atoms with Crippen molar-refractivity contribution in [2.45, 2.75) is 12.8 Å². The van der Waals surface area contributed by atoms with Crippen LogP contribution in [-0.4, -0.2) is 18.7 Å². The topological polar surface area (TPSA) is 54.4 Å². The van der Waals surface area contributed by atoms with Crippen LogP contribution in [0.5, 0.6) is 0 Å². The number of benzene rings is 1. The lowest BCUT2D eigenvalue weighted by atomic mass is 10.1. The van der Waals surface area contributed by atoms with Gasteiger partial charge in [-0.1, -0.05) is 24.3 Å². The van der Waals surface area contributed by atoms with E-state index in [0.29, 0.717) is 12.0 Å². The molecule has 0 aliphatic heterocycles. The molecule has 0 aromatic heterocycles. The van der Waals surface area contributed by atoms with Crippen LogP contribution in [0.1, 0.15) is 17.5 Å². The van der Waals surface area contributed by atoms with E-state index < -0.39 is 22.0 Å². The molecule has 0 aliphatic rings. The Balaban J connectivity index is 2.64. The van der Waals surface area contributed by atoms with Gasteiger partial charge in [-0.15, -0.1) is 0 Å². The molecule has 0 aliphatic carbocycles. The minimum atomic E-state index is -3.99. The smallest absolute Gasteiger partial charge is 0.286 e. The molecular weight excluding hydrogens is 269 g/mol. The van der Waals surface area contributed by atoms with E-state index in [1.165, 1.54) is 24.3 Å². The summed E-state index contributed by atoms with van der Waals surface area (Å²) in [6.45, 7) is 0. The van der Waals surface area contributed by atoms with E-state index in [9.17, 15) is 21.6 Å².